The molecule has 0 atom stereocenters. The highest BCUT2D eigenvalue weighted by molar-refractivity contribution is 5.76. The first kappa shape index (κ1) is 14.7. The van der Waals surface area contributed by atoms with Crippen LogP contribution in [0.2, 0.25) is 0 Å². The Morgan fingerprint density at radius 1 is 1.17 bits per heavy atom. The van der Waals surface area contributed by atoms with Gasteiger partial charge in [0.2, 0.25) is 5.91 Å². The van der Waals surface area contributed by atoms with Gasteiger partial charge in [0.1, 0.15) is 0 Å². The molecule has 18 heavy (non-hydrogen) atoms. The zero-order valence-electron chi connectivity index (χ0n) is 11.7. The zero-order chi connectivity index (χ0) is 13.4. The molecule has 0 unspecified atom stereocenters. The number of carbonyl (C=O) groups is 1. The van der Waals surface area contributed by atoms with Gasteiger partial charge in [0, 0.05) is 19.5 Å². The van der Waals surface area contributed by atoms with E-state index >= 15 is 0 Å². The molecule has 1 aromatic carbocycles. The number of hydrogen-bond acceptors (Lipinski definition) is 2. The van der Waals surface area contributed by atoms with Gasteiger partial charge in [-0.25, -0.2) is 0 Å². The van der Waals surface area contributed by atoms with Gasteiger partial charge in [0.15, 0.2) is 0 Å². The molecule has 0 heterocycles. The lowest BCUT2D eigenvalue weighted by Crippen LogP contribution is -2.30. The van der Waals surface area contributed by atoms with E-state index in [2.05, 4.69) is 55.3 Å². The highest BCUT2D eigenvalue weighted by atomic mass is 16.1. The molecule has 0 aliphatic heterocycles. The van der Waals surface area contributed by atoms with Crippen molar-refractivity contribution in [3.05, 3.63) is 35.4 Å². The van der Waals surface area contributed by atoms with Crippen molar-refractivity contribution in [2.45, 2.75) is 33.7 Å². The minimum absolute atomic E-state index is 0.127. The Morgan fingerprint density at radius 3 is 2.33 bits per heavy atom. The predicted molar refractivity (Wildman–Crippen MR) is 75.4 cm³/mol. The number of nitrogens with zero attached hydrogens (tertiary/aromatic N) is 1. The quantitative estimate of drug-likeness (QED) is 0.803. The van der Waals surface area contributed by atoms with Gasteiger partial charge < -0.3 is 10.2 Å². The summed E-state index contributed by atoms with van der Waals surface area (Å²) >= 11 is 0. The molecular formula is C15H24N2O. The van der Waals surface area contributed by atoms with E-state index in [4.69, 9.17) is 0 Å². The summed E-state index contributed by atoms with van der Waals surface area (Å²) in [6.07, 6.45) is 0.577. The molecule has 1 rings (SSSR count). The zero-order valence-corrected chi connectivity index (χ0v) is 11.7. The van der Waals surface area contributed by atoms with Gasteiger partial charge in [-0.1, -0.05) is 43.7 Å². The smallest absolute Gasteiger partial charge is 0.221 e. The molecule has 1 N–H and O–H groups in total. The van der Waals surface area contributed by atoms with E-state index in [0.29, 0.717) is 13.0 Å². The third-order valence-corrected chi connectivity index (χ3v) is 3.16. The molecule has 3 heteroatoms. The molecule has 1 amide bonds. The van der Waals surface area contributed by atoms with Crippen molar-refractivity contribution in [1.29, 1.82) is 0 Å². The molecule has 0 saturated carbocycles. The van der Waals surface area contributed by atoms with E-state index in [0.717, 1.165) is 25.2 Å². The number of nitrogens with one attached hydrogen (secondary N) is 1. The fourth-order valence-electron chi connectivity index (χ4n) is 1.79. The molecule has 0 saturated heterocycles. The second-order valence-corrected chi connectivity index (χ2v) is 4.54. The molecule has 0 aliphatic carbocycles. The Kier molecular flexibility index (Phi) is 6.44. The van der Waals surface area contributed by atoms with E-state index in [9.17, 15) is 4.79 Å². The average Bonchev–Trinajstić information content (AvgIpc) is 2.39. The molecule has 100 valence electrons. The number of hydrogen-bond donors (Lipinski definition) is 1. The van der Waals surface area contributed by atoms with E-state index in [1.165, 1.54) is 5.56 Å². The highest BCUT2D eigenvalue weighted by Gasteiger charge is 2.04. The summed E-state index contributed by atoms with van der Waals surface area (Å²) in [6.45, 7) is 9.77. The molecule has 3 nitrogen and oxygen atoms in total. The summed E-state index contributed by atoms with van der Waals surface area (Å²) < 4.78 is 0. The van der Waals surface area contributed by atoms with Crippen LogP contribution in [0.25, 0.3) is 0 Å². The molecular weight excluding hydrogens is 224 g/mol. The van der Waals surface area contributed by atoms with E-state index in [1.807, 2.05) is 0 Å². The van der Waals surface area contributed by atoms with Crippen LogP contribution < -0.4 is 5.32 Å². The summed E-state index contributed by atoms with van der Waals surface area (Å²) in [5.74, 6) is 0.127. The van der Waals surface area contributed by atoms with Crippen LogP contribution >= 0.6 is 0 Å². The first-order valence-corrected chi connectivity index (χ1v) is 6.70. The van der Waals surface area contributed by atoms with Gasteiger partial charge in [0.05, 0.1) is 0 Å². The lowest BCUT2D eigenvalue weighted by atomic mass is 10.1. The van der Waals surface area contributed by atoms with Crippen molar-refractivity contribution >= 4 is 5.91 Å². The maximum atomic E-state index is 11.7. The van der Waals surface area contributed by atoms with Crippen molar-refractivity contribution < 1.29 is 4.79 Å². The lowest BCUT2D eigenvalue weighted by Gasteiger charge is -2.17. The fourth-order valence-corrected chi connectivity index (χ4v) is 1.79. The van der Waals surface area contributed by atoms with Crippen molar-refractivity contribution in [3.8, 4) is 0 Å². The maximum Gasteiger partial charge on any atom is 0.221 e. The largest absolute Gasteiger partial charge is 0.352 e. The minimum Gasteiger partial charge on any atom is -0.352 e. The fraction of sp³-hybridized carbons (Fsp3) is 0.533. The molecule has 0 fully saturated rings. The maximum absolute atomic E-state index is 11.7. The molecule has 0 aromatic heterocycles. The molecule has 0 bridgehead atoms. The van der Waals surface area contributed by atoms with Crippen LogP contribution in [0.1, 0.15) is 31.4 Å². The molecule has 0 aliphatic rings. The number of benzene rings is 1. The summed E-state index contributed by atoms with van der Waals surface area (Å²) in [5.41, 5.74) is 2.39. The molecule has 1 aromatic rings. The van der Waals surface area contributed by atoms with Gasteiger partial charge in [0.25, 0.3) is 0 Å². The van der Waals surface area contributed by atoms with Crippen molar-refractivity contribution in [2.24, 2.45) is 0 Å². The van der Waals surface area contributed by atoms with E-state index < -0.39 is 0 Å². The number of aryl methyl sites for hydroxylation is 1. The SMILES string of the molecule is CCN(CC)CCC(=O)NCc1ccc(C)cc1. The van der Waals surface area contributed by atoms with E-state index in [1.54, 1.807) is 0 Å². The minimum atomic E-state index is 0.127. The third-order valence-electron chi connectivity index (χ3n) is 3.16. The topological polar surface area (TPSA) is 32.3 Å². The Hall–Kier alpha value is -1.35. The third kappa shape index (κ3) is 5.32. The van der Waals surface area contributed by atoms with Crippen LogP contribution in [0.3, 0.4) is 0 Å². The van der Waals surface area contributed by atoms with Gasteiger partial charge >= 0.3 is 0 Å². The van der Waals surface area contributed by atoms with Gasteiger partial charge in [-0.05, 0) is 25.6 Å². The second kappa shape index (κ2) is 7.88. The lowest BCUT2D eigenvalue weighted by molar-refractivity contribution is -0.121. The summed E-state index contributed by atoms with van der Waals surface area (Å²) in [5, 5.41) is 2.96. The van der Waals surface area contributed by atoms with Crippen LogP contribution in [-0.4, -0.2) is 30.4 Å². The number of amides is 1. The summed E-state index contributed by atoms with van der Waals surface area (Å²) in [6, 6.07) is 8.24. The summed E-state index contributed by atoms with van der Waals surface area (Å²) in [4.78, 5) is 13.9. The first-order chi connectivity index (χ1) is 8.65. The average molecular weight is 248 g/mol. The Balaban J connectivity index is 2.26. The number of carbonyl (C=O) groups excluding carboxylic acids is 1. The molecule has 0 radical (unpaired) electrons. The second-order valence-electron chi connectivity index (χ2n) is 4.54. The van der Waals surface area contributed by atoms with Gasteiger partial charge in [-0.15, -0.1) is 0 Å². The standard InChI is InChI=1S/C15H24N2O/c1-4-17(5-2)11-10-15(18)16-12-14-8-6-13(3)7-9-14/h6-9H,4-5,10-12H2,1-3H3,(H,16,18). The van der Waals surface area contributed by atoms with Crippen LogP contribution in [0.5, 0.6) is 0 Å². The van der Waals surface area contributed by atoms with Crippen LogP contribution in [0.15, 0.2) is 24.3 Å². The van der Waals surface area contributed by atoms with E-state index in [-0.39, 0.29) is 5.91 Å². The van der Waals surface area contributed by atoms with Crippen LogP contribution in [0, 0.1) is 6.92 Å². The Morgan fingerprint density at radius 2 is 1.78 bits per heavy atom. The van der Waals surface area contributed by atoms with Gasteiger partial charge in [-0.3, -0.25) is 4.79 Å². The Labute approximate surface area is 110 Å². The van der Waals surface area contributed by atoms with Crippen molar-refractivity contribution in [1.82, 2.24) is 10.2 Å². The highest BCUT2D eigenvalue weighted by Crippen LogP contribution is 2.02. The molecule has 0 spiro atoms. The number of rotatable bonds is 7. The Bertz CT molecular complexity index is 355. The normalized spacial score (nSPS) is 10.7. The van der Waals surface area contributed by atoms with Crippen molar-refractivity contribution in [3.63, 3.8) is 0 Å². The van der Waals surface area contributed by atoms with Crippen molar-refractivity contribution in [2.75, 3.05) is 19.6 Å². The van der Waals surface area contributed by atoms with Gasteiger partial charge in [-0.2, -0.15) is 0 Å². The van der Waals surface area contributed by atoms with Crippen LogP contribution in [-0.2, 0) is 11.3 Å². The monoisotopic (exact) mass is 248 g/mol. The first-order valence-electron chi connectivity index (χ1n) is 6.70. The summed E-state index contributed by atoms with van der Waals surface area (Å²) in [7, 11) is 0. The predicted octanol–water partition coefficient (Wildman–Crippen LogP) is 2.34. The van der Waals surface area contributed by atoms with Crippen LogP contribution in [0.4, 0.5) is 0 Å².